The summed E-state index contributed by atoms with van der Waals surface area (Å²) in [6, 6.07) is 0. The first-order valence-electron chi connectivity index (χ1n) is 2.97. The summed E-state index contributed by atoms with van der Waals surface area (Å²) in [6.45, 7) is 1.30. The van der Waals surface area contributed by atoms with Gasteiger partial charge in [-0.1, -0.05) is 0 Å². The number of aromatic nitrogens is 2. The lowest BCUT2D eigenvalue weighted by Crippen LogP contribution is -2.19. The van der Waals surface area contributed by atoms with Crippen molar-refractivity contribution in [1.29, 1.82) is 0 Å². The Bertz CT molecular complexity index is 329. The van der Waals surface area contributed by atoms with E-state index in [1.807, 2.05) is 0 Å². The molecule has 0 unspecified atom stereocenters. The van der Waals surface area contributed by atoms with Crippen molar-refractivity contribution < 1.29 is 10.0 Å². The van der Waals surface area contributed by atoms with Gasteiger partial charge in [-0.3, -0.25) is 9.78 Å². The number of carbonyl (C=O) groups is 1. The zero-order valence-corrected chi connectivity index (χ0v) is 5.93. The maximum absolute atomic E-state index is 10.4. The van der Waals surface area contributed by atoms with Gasteiger partial charge in [0.05, 0.1) is 12.4 Å². The first kappa shape index (κ1) is 7.46. The Balaban J connectivity index is 3.23. The molecule has 11 heavy (non-hydrogen) atoms. The van der Waals surface area contributed by atoms with Gasteiger partial charge in [-0.15, -0.1) is 0 Å². The molecule has 0 saturated heterocycles. The van der Waals surface area contributed by atoms with Gasteiger partial charge < -0.3 is 5.21 Å². The van der Waals surface area contributed by atoms with E-state index in [4.69, 9.17) is 5.21 Å². The molecule has 0 radical (unpaired) electrons. The summed E-state index contributed by atoms with van der Waals surface area (Å²) in [6.07, 6.45) is 3.97. The highest BCUT2D eigenvalue weighted by atomic mass is 16.5. The normalized spacial score (nSPS) is 11.5. The van der Waals surface area contributed by atoms with Crippen LogP contribution in [0.25, 0.3) is 0 Å². The Morgan fingerprint density at radius 3 is 3.09 bits per heavy atom. The van der Waals surface area contributed by atoms with Gasteiger partial charge in [-0.2, -0.15) is 9.72 Å². The molecule has 5 nitrogen and oxygen atoms in total. The number of hydrogen-bond donors (Lipinski definition) is 1. The minimum atomic E-state index is -0.374. The van der Waals surface area contributed by atoms with Crippen LogP contribution in [0, 0.1) is 0 Å². The fourth-order valence-electron chi connectivity index (χ4n) is 0.588. The Labute approximate surface area is 62.6 Å². The highest BCUT2D eigenvalue weighted by molar-refractivity contribution is 5.73. The van der Waals surface area contributed by atoms with Crippen LogP contribution < -0.4 is 5.49 Å². The molecule has 1 rings (SSSR count). The molecule has 1 N–H and O–H groups in total. The molecule has 1 aromatic heterocycles. The molecule has 5 heteroatoms. The van der Waals surface area contributed by atoms with Gasteiger partial charge in [0.15, 0.2) is 5.49 Å². The van der Waals surface area contributed by atoms with Crippen molar-refractivity contribution in [2.24, 2.45) is 4.99 Å². The van der Waals surface area contributed by atoms with Gasteiger partial charge in [0, 0.05) is 13.1 Å². The second-order valence-corrected chi connectivity index (χ2v) is 1.91. The van der Waals surface area contributed by atoms with Crippen LogP contribution in [0.2, 0.25) is 0 Å². The van der Waals surface area contributed by atoms with E-state index in [1.165, 1.54) is 25.5 Å². The minimum absolute atomic E-state index is 0.125. The maximum Gasteiger partial charge on any atom is 0.244 e. The van der Waals surface area contributed by atoms with Crippen LogP contribution in [0.15, 0.2) is 23.6 Å². The first-order chi connectivity index (χ1) is 5.20. The summed E-state index contributed by atoms with van der Waals surface area (Å²) in [5.74, 6) is -0.374. The van der Waals surface area contributed by atoms with Gasteiger partial charge in [0.1, 0.15) is 0 Å². The van der Waals surface area contributed by atoms with Crippen molar-refractivity contribution in [1.82, 2.24) is 9.71 Å². The second-order valence-electron chi connectivity index (χ2n) is 1.91. The summed E-state index contributed by atoms with van der Waals surface area (Å²) in [7, 11) is 0. The highest BCUT2D eigenvalue weighted by Crippen LogP contribution is 1.72. The monoisotopic (exact) mass is 153 g/mol. The number of hydrogen-bond acceptors (Lipinski definition) is 3. The predicted octanol–water partition coefficient (Wildman–Crippen LogP) is -0.432. The lowest BCUT2D eigenvalue weighted by molar-refractivity contribution is -0.116. The number of nitrogens with zero attached hydrogens (tertiary/aromatic N) is 3. The molecule has 0 spiro atoms. The van der Waals surface area contributed by atoms with Crippen LogP contribution in [0.3, 0.4) is 0 Å². The minimum Gasteiger partial charge on any atom is -0.427 e. The molecule has 0 saturated carbocycles. The molecule has 1 aromatic rings. The largest absolute Gasteiger partial charge is 0.427 e. The van der Waals surface area contributed by atoms with Crippen molar-refractivity contribution in [3.05, 3.63) is 24.1 Å². The van der Waals surface area contributed by atoms with Gasteiger partial charge in [-0.25, -0.2) is 0 Å². The van der Waals surface area contributed by atoms with E-state index < -0.39 is 0 Å². The third kappa shape index (κ3) is 1.89. The molecule has 0 atom stereocenters. The van der Waals surface area contributed by atoms with Crippen molar-refractivity contribution in [3.63, 3.8) is 0 Å². The molecule has 0 aromatic carbocycles. The van der Waals surface area contributed by atoms with Gasteiger partial charge in [0.25, 0.3) is 0 Å². The molecule has 0 aliphatic rings. The number of carbonyl (C=O) groups excluding carboxylic acids is 1. The topological polar surface area (TPSA) is 67.5 Å². The zero-order valence-electron chi connectivity index (χ0n) is 5.93. The van der Waals surface area contributed by atoms with E-state index in [9.17, 15) is 4.79 Å². The molecule has 0 aliphatic carbocycles. The van der Waals surface area contributed by atoms with E-state index in [2.05, 4.69) is 9.98 Å². The lowest BCUT2D eigenvalue weighted by atomic mass is 10.7. The van der Waals surface area contributed by atoms with Crippen molar-refractivity contribution in [2.45, 2.75) is 6.92 Å². The summed E-state index contributed by atoms with van der Waals surface area (Å²) in [5, 5.41) is 8.99. The van der Waals surface area contributed by atoms with Crippen LogP contribution in [0.5, 0.6) is 0 Å². The highest BCUT2D eigenvalue weighted by Gasteiger charge is 1.89. The fraction of sp³-hybridized carbons (Fsp3) is 0.167. The summed E-state index contributed by atoms with van der Waals surface area (Å²) in [4.78, 5) is 17.6. The van der Waals surface area contributed by atoms with Crippen LogP contribution in [0.1, 0.15) is 6.92 Å². The van der Waals surface area contributed by atoms with E-state index in [0.29, 0.717) is 0 Å². The van der Waals surface area contributed by atoms with Crippen LogP contribution in [-0.4, -0.2) is 20.8 Å². The fourth-order valence-corrected chi connectivity index (χ4v) is 0.588. The average molecular weight is 153 g/mol. The molecule has 0 aliphatic heterocycles. The van der Waals surface area contributed by atoms with Crippen molar-refractivity contribution in [2.75, 3.05) is 0 Å². The number of amides is 1. The molecular weight excluding hydrogens is 146 g/mol. The SMILES string of the molecule is CC(=O)N=c1cnccn1O. The number of rotatable bonds is 0. The van der Waals surface area contributed by atoms with E-state index in [0.717, 1.165) is 4.73 Å². The van der Waals surface area contributed by atoms with Gasteiger partial charge in [-0.05, 0) is 0 Å². The van der Waals surface area contributed by atoms with Gasteiger partial charge in [0.2, 0.25) is 5.91 Å². The molecule has 0 fully saturated rings. The van der Waals surface area contributed by atoms with Crippen LogP contribution in [0.4, 0.5) is 0 Å². The second kappa shape index (κ2) is 2.96. The standard InChI is InChI=1S/C6H7N3O2/c1-5(10)8-6-4-7-2-3-9(6)11/h2-4,11H,1H3. The van der Waals surface area contributed by atoms with E-state index in [-0.39, 0.29) is 11.4 Å². The third-order valence-corrected chi connectivity index (χ3v) is 0.991. The van der Waals surface area contributed by atoms with E-state index in [1.54, 1.807) is 0 Å². The Morgan fingerprint density at radius 1 is 1.82 bits per heavy atom. The molecule has 58 valence electrons. The maximum atomic E-state index is 10.4. The van der Waals surface area contributed by atoms with Crippen LogP contribution in [-0.2, 0) is 4.79 Å². The van der Waals surface area contributed by atoms with E-state index >= 15 is 0 Å². The average Bonchev–Trinajstić information content (AvgIpc) is 1.93. The van der Waals surface area contributed by atoms with Crippen molar-refractivity contribution >= 4 is 5.91 Å². The zero-order chi connectivity index (χ0) is 8.27. The molecule has 1 heterocycles. The molecule has 1 amide bonds. The van der Waals surface area contributed by atoms with Crippen molar-refractivity contribution in [3.8, 4) is 0 Å². The van der Waals surface area contributed by atoms with Gasteiger partial charge >= 0.3 is 0 Å². The predicted molar refractivity (Wildman–Crippen MR) is 35.7 cm³/mol. The van der Waals surface area contributed by atoms with Crippen LogP contribution >= 0.6 is 0 Å². The smallest absolute Gasteiger partial charge is 0.244 e. The molecular formula is C6H7N3O2. The summed E-state index contributed by atoms with van der Waals surface area (Å²) >= 11 is 0. The molecule has 0 bridgehead atoms. The lowest BCUT2D eigenvalue weighted by Gasteiger charge is -1.93. The first-order valence-corrected chi connectivity index (χ1v) is 2.97. The Hall–Kier alpha value is -1.65. The Morgan fingerprint density at radius 2 is 2.55 bits per heavy atom. The summed E-state index contributed by atoms with van der Waals surface area (Å²) in [5.41, 5.74) is 0.125. The quantitative estimate of drug-likeness (QED) is 0.514. The summed E-state index contributed by atoms with van der Waals surface area (Å²) < 4.78 is 0.731. The third-order valence-electron chi connectivity index (χ3n) is 0.991. The Kier molecular flexibility index (Phi) is 2.00.